The van der Waals surface area contributed by atoms with Gasteiger partial charge < -0.3 is 19.5 Å². The van der Waals surface area contributed by atoms with E-state index in [1.165, 1.54) is 32.5 Å². The summed E-state index contributed by atoms with van der Waals surface area (Å²) >= 11 is 0. The quantitative estimate of drug-likeness (QED) is 0.901. The number of carbonyl (C=O) groups is 1. The highest BCUT2D eigenvalue weighted by atomic mass is 16.6. The Morgan fingerprint density at radius 2 is 1.73 bits per heavy atom. The zero-order valence-electron chi connectivity index (χ0n) is 15.6. The molecule has 1 aromatic heterocycles. The molecule has 5 heteroatoms. The van der Waals surface area contributed by atoms with Gasteiger partial charge in [-0.2, -0.15) is 0 Å². The lowest BCUT2D eigenvalue weighted by atomic mass is 9.79. The third-order valence-electron chi connectivity index (χ3n) is 6.29. The highest BCUT2D eigenvalue weighted by Crippen LogP contribution is 2.33. The van der Waals surface area contributed by atoms with E-state index in [9.17, 15) is 4.79 Å². The molecule has 1 N–H and O–H groups in total. The van der Waals surface area contributed by atoms with E-state index in [1.807, 2.05) is 29.2 Å². The molecular weight excluding hydrogens is 326 g/mol. The van der Waals surface area contributed by atoms with Gasteiger partial charge in [0.2, 0.25) is 0 Å². The molecule has 1 amide bonds. The summed E-state index contributed by atoms with van der Waals surface area (Å²) in [7, 11) is 0. The third kappa shape index (κ3) is 3.58. The van der Waals surface area contributed by atoms with Gasteiger partial charge in [-0.25, -0.2) is 4.79 Å². The molecule has 0 radical (unpaired) electrons. The van der Waals surface area contributed by atoms with Gasteiger partial charge in [0.05, 0.1) is 0 Å². The van der Waals surface area contributed by atoms with Crippen LogP contribution < -0.4 is 4.74 Å². The van der Waals surface area contributed by atoms with Crippen molar-refractivity contribution in [1.82, 2.24) is 14.8 Å². The zero-order valence-corrected chi connectivity index (χ0v) is 15.6. The number of piperidine rings is 2. The predicted octanol–water partition coefficient (Wildman–Crippen LogP) is 4.11. The number of aromatic nitrogens is 1. The van der Waals surface area contributed by atoms with Crippen molar-refractivity contribution >= 4 is 17.0 Å². The van der Waals surface area contributed by atoms with Gasteiger partial charge in [0.1, 0.15) is 0 Å². The molecule has 0 atom stereocenters. The molecule has 0 spiro atoms. The molecule has 3 heterocycles. The molecule has 5 nitrogen and oxygen atoms in total. The highest BCUT2D eigenvalue weighted by Gasteiger charge is 2.31. The van der Waals surface area contributed by atoms with Crippen LogP contribution in [0.25, 0.3) is 10.9 Å². The lowest BCUT2D eigenvalue weighted by Crippen LogP contribution is -2.43. The molecule has 26 heavy (non-hydrogen) atoms. The fraction of sp³-hybridized carbons (Fsp3) is 0.571. The van der Waals surface area contributed by atoms with Gasteiger partial charge in [-0.15, -0.1) is 0 Å². The Kier molecular flexibility index (Phi) is 5.16. The van der Waals surface area contributed by atoms with Crippen LogP contribution in [0.1, 0.15) is 32.6 Å². The smallest absolute Gasteiger partial charge is 0.408 e. The number of fused-ring (bicyclic) bond motifs is 1. The van der Waals surface area contributed by atoms with Crippen LogP contribution in [0.15, 0.2) is 30.5 Å². The van der Waals surface area contributed by atoms with Gasteiger partial charge in [0.25, 0.3) is 0 Å². The summed E-state index contributed by atoms with van der Waals surface area (Å²) in [6.45, 7) is 7.54. The van der Waals surface area contributed by atoms with Crippen molar-refractivity contribution in [2.24, 2.45) is 11.8 Å². The van der Waals surface area contributed by atoms with E-state index in [2.05, 4.69) is 16.8 Å². The van der Waals surface area contributed by atoms with Gasteiger partial charge in [-0.1, -0.05) is 19.1 Å². The Labute approximate surface area is 155 Å². The van der Waals surface area contributed by atoms with Crippen LogP contribution in [-0.4, -0.2) is 53.6 Å². The summed E-state index contributed by atoms with van der Waals surface area (Å²) in [6.07, 6.45) is 6.42. The fourth-order valence-corrected chi connectivity index (χ4v) is 4.58. The van der Waals surface area contributed by atoms with Crippen molar-refractivity contribution in [1.29, 1.82) is 0 Å². The number of amides is 1. The summed E-state index contributed by atoms with van der Waals surface area (Å²) in [5, 5.41) is 0.957. The summed E-state index contributed by atoms with van der Waals surface area (Å²) in [5.41, 5.74) is 0.993. The Morgan fingerprint density at radius 1 is 1.08 bits per heavy atom. The van der Waals surface area contributed by atoms with Gasteiger partial charge in [-0.3, -0.25) is 0 Å². The first-order chi connectivity index (χ1) is 12.7. The average molecular weight is 355 g/mol. The van der Waals surface area contributed by atoms with Crippen molar-refractivity contribution in [2.45, 2.75) is 32.6 Å². The van der Waals surface area contributed by atoms with Crippen molar-refractivity contribution in [2.75, 3.05) is 32.7 Å². The minimum absolute atomic E-state index is 0.214. The number of nitrogens with zero attached hydrogens (tertiary/aromatic N) is 2. The van der Waals surface area contributed by atoms with Gasteiger partial charge >= 0.3 is 6.09 Å². The molecule has 0 bridgehead atoms. The van der Waals surface area contributed by atoms with Crippen LogP contribution in [0.5, 0.6) is 5.75 Å². The molecule has 2 aromatic rings. The van der Waals surface area contributed by atoms with E-state index in [-0.39, 0.29) is 6.09 Å². The molecule has 140 valence electrons. The number of H-pyrrole nitrogens is 1. The van der Waals surface area contributed by atoms with Gasteiger partial charge in [0.15, 0.2) is 5.75 Å². The minimum atomic E-state index is -0.214. The average Bonchev–Trinajstić information content (AvgIpc) is 3.11. The van der Waals surface area contributed by atoms with E-state index in [4.69, 9.17) is 4.74 Å². The van der Waals surface area contributed by atoms with E-state index in [0.717, 1.165) is 48.7 Å². The van der Waals surface area contributed by atoms with E-state index in [1.54, 1.807) is 6.20 Å². The third-order valence-corrected chi connectivity index (χ3v) is 6.29. The van der Waals surface area contributed by atoms with Crippen LogP contribution in [0, 0.1) is 11.8 Å². The first-order valence-electron chi connectivity index (χ1n) is 10.00. The van der Waals surface area contributed by atoms with Crippen LogP contribution in [0.4, 0.5) is 4.79 Å². The molecule has 0 unspecified atom stereocenters. The number of carbonyl (C=O) groups excluding carboxylic acids is 1. The molecule has 1 aromatic carbocycles. The maximum Gasteiger partial charge on any atom is 0.415 e. The Balaban J connectivity index is 1.30. The summed E-state index contributed by atoms with van der Waals surface area (Å²) in [4.78, 5) is 20.1. The lowest BCUT2D eigenvalue weighted by Gasteiger charge is -2.39. The maximum atomic E-state index is 12.6. The molecule has 0 aliphatic carbocycles. The number of benzene rings is 1. The minimum Gasteiger partial charge on any atom is -0.408 e. The predicted molar refractivity (Wildman–Crippen MR) is 103 cm³/mol. The lowest BCUT2D eigenvalue weighted by molar-refractivity contribution is 0.0926. The van der Waals surface area contributed by atoms with Gasteiger partial charge in [-0.05, 0) is 69.3 Å². The first kappa shape index (κ1) is 17.4. The molecular formula is C21H29N3O2. The van der Waals surface area contributed by atoms with Crippen LogP contribution in [0.2, 0.25) is 0 Å². The summed E-state index contributed by atoms with van der Waals surface area (Å²) < 4.78 is 5.67. The molecule has 2 aliphatic rings. The molecule has 2 saturated heterocycles. The number of likely N-dealkylation sites (tertiary alicyclic amines) is 2. The molecule has 2 fully saturated rings. The molecule has 2 aliphatic heterocycles. The number of para-hydroxylation sites is 1. The summed E-state index contributed by atoms with van der Waals surface area (Å²) in [6, 6.07) is 7.90. The second kappa shape index (κ2) is 7.70. The monoisotopic (exact) mass is 355 g/mol. The van der Waals surface area contributed by atoms with Crippen LogP contribution in [-0.2, 0) is 0 Å². The Bertz CT molecular complexity index is 741. The molecule has 4 rings (SSSR count). The van der Waals surface area contributed by atoms with Gasteiger partial charge in [0, 0.05) is 30.2 Å². The number of aromatic amines is 1. The molecule has 0 saturated carbocycles. The van der Waals surface area contributed by atoms with E-state index >= 15 is 0 Å². The standard InChI is InChI=1S/C21H29N3O2/c1-2-23-11-7-16(8-12-23)17-9-13-24(14-10-17)21(25)26-20-15-22-19-6-4-3-5-18(19)20/h3-6,15-17,22H,2,7-14H2,1H3. The topological polar surface area (TPSA) is 48.6 Å². The Hall–Kier alpha value is -2.01. The number of ether oxygens (including phenoxy) is 1. The Morgan fingerprint density at radius 3 is 2.42 bits per heavy atom. The second-order valence-electron chi connectivity index (χ2n) is 7.66. The number of hydrogen-bond acceptors (Lipinski definition) is 3. The first-order valence-corrected chi connectivity index (χ1v) is 10.00. The normalized spacial score (nSPS) is 20.6. The number of rotatable bonds is 3. The SMILES string of the molecule is CCN1CCC(C2CCN(C(=O)Oc3c[nH]c4ccccc34)CC2)CC1. The van der Waals surface area contributed by atoms with Crippen LogP contribution in [0.3, 0.4) is 0 Å². The van der Waals surface area contributed by atoms with E-state index in [0.29, 0.717) is 5.75 Å². The number of nitrogens with one attached hydrogen (secondary N) is 1. The van der Waals surface area contributed by atoms with Crippen molar-refractivity contribution in [3.05, 3.63) is 30.5 Å². The van der Waals surface area contributed by atoms with Crippen molar-refractivity contribution < 1.29 is 9.53 Å². The largest absolute Gasteiger partial charge is 0.415 e. The zero-order chi connectivity index (χ0) is 17.9. The van der Waals surface area contributed by atoms with Crippen molar-refractivity contribution in [3.8, 4) is 5.75 Å². The fourth-order valence-electron chi connectivity index (χ4n) is 4.58. The summed E-state index contributed by atoms with van der Waals surface area (Å²) in [5.74, 6) is 2.23. The van der Waals surface area contributed by atoms with E-state index < -0.39 is 0 Å². The highest BCUT2D eigenvalue weighted by molar-refractivity contribution is 5.88. The number of hydrogen-bond donors (Lipinski definition) is 1. The second-order valence-corrected chi connectivity index (χ2v) is 7.66. The van der Waals surface area contributed by atoms with Crippen LogP contribution >= 0.6 is 0 Å². The van der Waals surface area contributed by atoms with Crippen molar-refractivity contribution in [3.63, 3.8) is 0 Å². The maximum absolute atomic E-state index is 12.6.